The van der Waals surface area contributed by atoms with Crippen molar-refractivity contribution >= 4 is 39.6 Å². The molecule has 2 N–H and O–H groups in total. The van der Waals surface area contributed by atoms with Crippen LogP contribution in [0, 0.1) is 3.57 Å². The van der Waals surface area contributed by atoms with Crippen LogP contribution in [0.1, 0.15) is 0 Å². The second-order valence-electron chi connectivity index (χ2n) is 3.67. The smallest absolute Gasteiger partial charge is 0.260 e. The summed E-state index contributed by atoms with van der Waals surface area (Å²) in [5, 5.41) is 7.92. The van der Waals surface area contributed by atoms with Gasteiger partial charge < -0.3 is 10.3 Å². The first-order valence-electron chi connectivity index (χ1n) is 5.16. The second-order valence-corrected chi connectivity index (χ2v) is 5.69. The van der Waals surface area contributed by atoms with E-state index in [1.807, 2.05) is 35.0 Å². The molecule has 2 heterocycles. The van der Waals surface area contributed by atoms with Gasteiger partial charge in [-0.2, -0.15) is 16.3 Å². The quantitative estimate of drug-likeness (QED) is 0.553. The van der Waals surface area contributed by atoms with Gasteiger partial charge in [-0.25, -0.2) is 0 Å². The van der Waals surface area contributed by atoms with Gasteiger partial charge in [0.15, 0.2) is 0 Å². The summed E-state index contributed by atoms with van der Waals surface area (Å²) in [6.07, 6.45) is 0. The molecule has 0 amide bonds. The predicted molar refractivity (Wildman–Crippen MR) is 80.2 cm³/mol. The molecule has 0 saturated heterocycles. The second kappa shape index (κ2) is 4.69. The predicted octanol–water partition coefficient (Wildman–Crippen LogP) is 3.65. The van der Waals surface area contributed by atoms with Gasteiger partial charge in [-0.05, 0) is 52.2 Å². The molecule has 3 rings (SSSR count). The van der Waals surface area contributed by atoms with Crippen LogP contribution in [0.25, 0.3) is 22.8 Å². The molecule has 6 heteroatoms. The van der Waals surface area contributed by atoms with Gasteiger partial charge in [0.2, 0.25) is 5.82 Å². The van der Waals surface area contributed by atoms with Crippen molar-refractivity contribution in [1.29, 1.82) is 0 Å². The lowest BCUT2D eigenvalue weighted by Gasteiger charge is -2.00. The van der Waals surface area contributed by atoms with Gasteiger partial charge in [0.1, 0.15) is 0 Å². The number of halogens is 1. The maximum Gasteiger partial charge on any atom is 0.260 e. The van der Waals surface area contributed by atoms with Crippen LogP contribution in [0.5, 0.6) is 0 Å². The van der Waals surface area contributed by atoms with E-state index in [1.54, 1.807) is 11.3 Å². The van der Waals surface area contributed by atoms with Crippen LogP contribution in [0.15, 0.2) is 39.5 Å². The Morgan fingerprint density at radius 3 is 2.94 bits per heavy atom. The highest BCUT2D eigenvalue weighted by Crippen LogP contribution is 2.28. The maximum absolute atomic E-state index is 5.92. The van der Waals surface area contributed by atoms with Crippen molar-refractivity contribution in [1.82, 2.24) is 10.1 Å². The van der Waals surface area contributed by atoms with Crippen molar-refractivity contribution in [3.63, 3.8) is 0 Å². The molecule has 18 heavy (non-hydrogen) atoms. The number of aromatic nitrogens is 2. The first-order valence-corrected chi connectivity index (χ1v) is 7.18. The van der Waals surface area contributed by atoms with Gasteiger partial charge >= 0.3 is 0 Å². The number of rotatable bonds is 2. The van der Waals surface area contributed by atoms with Gasteiger partial charge in [0.05, 0.1) is 5.56 Å². The molecule has 0 spiro atoms. The zero-order chi connectivity index (χ0) is 12.5. The molecular weight excluding hydrogens is 361 g/mol. The molecule has 0 fully saturated rings. The minimum atomic E-state index is 0.451. The monoisotopic (exact) mass is 369 g/mol. The van der Waals surface area contributed by atoms with E-state index in [-0.39, 0.29) is 0 Å². The summed E-state index contributed by atoms with van der Waals surface area (Å²) >= 11 is 3.82. The molecule has 90 valence electrons. The number of thiophene rings is 1. The highest BCUT2D eigenvalue weighted by Gasteiger charge is 2.13. The summed E-state index contributed by atoms with van der Waals surface area (Å²) in [6, 6.07) is 7.67. The number of benzene rings is 1. The molecule has 0 aliphatic rings. The van der Waals surface area contributed by atoms with Gasteiger partial charge in [-0.1, -0.05) is 5.16 Å². The average molecular weight is 369 g/mol. The minimum Gasteiger partial charge on any atom is -0.398 e. The number of hydrogen-bond donors (Lipinski definition) is 1. The Kier molecular flexibility index (Phi) is 3.04. The largest absolute Gasteiger partial charge is 0.398 e. The van der Waals surface area contributed by atoms with E-state index in [0.717, 1.165) is 14.7 Å². The van der Waals surface area contributed by atoms with Crippen LogP contribution in [0.2, 0.25) is 0 Å². The Morgan fingerprint density at radius 2 is 2.17 bits per heavy atom. The first-order chi connectivity index (χ1) is 8.74. The Bertz CT molecular complexity index is 678. The summed E-state index contributed by atoms with van der Waals surface area (Å²) < 4.78 is 6.35. The van der Waals surface area contributed by atoms with E-state index >= 15 is 0 Å². The third-order valence-corrected chi connectivity index (χ3v) is 3.81. The fourth-order valence-corrected chi connectivity index (χ4v) is 2.68. The highest BCUT2D eigenvalue weighted by molar-refractivity contribution is 14.1. The molecule has 0 saturated carbocycles. The number of nitrogens with two attached hydrogens (primary N) is 1. The topological polar surface area (TPSA) is 64.9 Å². The van der Waals surface area contributed by atoms with Gasteiger partial charge in [-0.3, -0.25) is 0 Å². The Labute approximate surface area is 121 Å². The number of nitrogen functional groups attached to an aromatic ring is 1. The molecule has 2 aromatic heterocycles. The number of nitrogens with zero attached hydrogens (tertiary/aromatic N) is 2. The minimum absolute atomic E-state index is 0.451. The van der Waals surface area contributed by atoms with Crippen molar-refractivity contribution < 1.29 is 4.52 Å². The lowest BCUT2D eigenvalue weighted by molar-refractivity contribution is 0.432. The number of hydrogen-bond acceptors (Lipinski definition) is 5. The zero-order valence-electron chi connectivity index (χ0n) is 9.13. The Hall–Kier alpha value is -1.41. The fourth-order valence-electron chi connectivity index (χ4n) is 1.56. The van der Waals surface area contributed by atoms with Gasteiger partial charge in [0.25, 0.3) is 5.89 Å². The third-order valence-electron chi connectivity index (χ3n) is 2.45. The van der Waals surface area contributed by atoms with Crippen molar-refractivity contribution in [2.24, 2.45) is 0 Å². The Morgan fingerprint density at radius 1 is 1.28 bits per heavy atom. The summed E-state index contributed by atoms with van der Waals surface area (Å²) in [5.41, 5.74) is 8.29. The molecule has 0 radical (unpaired) electrons. The molecular formula is C12H8IN3OS. The molecule has 3 aromatic rings. The molecule has 0 aliphatic carbocycles. The van der Waals surface area contributed by atoms with Gasteiger partial charge in [0, 0.05) is 20.2 Å². The van der Waals surface area contributed by atoms with Gasteiger partial charge in [-0.15, -0.1) is 0 Å². The SMILES string of the molecule is Nc1ccc(I)cc1-c1nc(-c2ccsc2)no1. The molecule has 0 atom stereocenters. The van der Waals surface area contributed by atoms with Crippen molar-refractivity contribution in [2.45, 2.75) is 0 Å². The van der Waals surface area contributed by atoms with Crippen LogP contribution in [0.4, 0.5) is 5.69 Å². The first kappa shape index (κ1) is 11.7. The molecule has 0 unspecified atom stereocenters. The summed E-state index contributed by atoms with van der Waals surface area (Å²) in [6.45, 7) is 0. The van der Waals surface area contributed by atoms with E-state index < -0.39 is 0 Å². The number of anilines is 1. The van der Waals surface area contributed by atoms with E-state index in [0.29, 0.717) is 17.4 Å². The van der Waals surface area contributed by atoms with Crippen molar-refractivity contribution in [2.75, 3.05) is 5.73 Å². The summed E-state index contributed by atoms with van der Waals surface area (Å²) in [7, 11) is 0. The van der Waals surface area contributed by atoms with E-state index in [2.05, 4.69) is 32.7 Å². The van der Waals surface area contributed by atoms with Crippen LogP contribution >= 0.6 is 33.9 Å². The maximum atomic E-state index is 5.92. The molecule has 1 aromatic carbocycles. The average Bonchev–Trinajstić information content (AvgIpc) is 3.00. The van der Waals surface area contributed by atoms with E-state index in [9.17, 15) is 0 Å². The van der Waals surface area contributed by atoms with E-state index in [1.165, 1.54) is 0 Å². The summed E-state index contributed by atoms with van der Waals surface area (Å²) in [4.78, 5) is 4.37. The van der Waals surface area contributed by atoms with Crippen LogP contribution < -0.4 is 5.73 Å². The normalized spacial score (nSPS) is 10.7. The molecule has 0 bridgehead atoms. The lowest BCUT2D eigenvalue weighted by Crippen LogP contribution is -1.90. The van der Waals surface area contributed by atoms with Crippen LogP contribution in [-0.2, 0) is 0 Å². The van der Waals surface area contributed by atoms with Crippen molar-refractivity contribution in [3.05, 3.63) is 38.6 Å². The highest BCUT2D eigenvalue weighted by atomic mass is 127. The Balaban J connectivity index is 2.05. The summed E-state index contributed by atoms with van der Waals surface area (Å²) in [5.74, 6) is 1.04. The van der Waals surface area contributed by atoms with Crippen LogP contribution in [0.3, 0.4) is 0 Å². The van der Waals surface area contributed by atoms with Crippen molar-refractivity contribution in [3.8, 4) is 22.8 Å². The fraction of sp³-hybridized carbons (Fsp3) is 0. The van der Waals surface area contributed by atoms with Crippen LogP contribution in [-0.4, -0.2) is 10.1 Å². The lowest BCUT2D eigenvalue weighted by atomic mass is 10.2. The standard InChI is InChI=1S/C12H8IN3OS/c13-8-1-2-10(14)9(5-8)12-15-11(16-17-12)7-3-4-18-6-7/h1-6H,14H2. The van der Waals surface area contributed by atoms with E-state index in [4.69, 9.17) is 10.3 Å². The zero-order valence-corrected chi connectivity index (χ0v) is 12.1. The third kappa shape index (κ3) is 2.13. The molecule has 4 nitrogen and oxygen atoms in total. The molecule has 0 aliphatic heterocycles.